The molecule has 0 fully saturated rings. The van der Waals surface area contributed by atoms with Gasteiger partial charge in [-0.3, -0.25) is 5.32 Å². The fraction of sp³-hybridized carbons (Fsp3) is 0.125. The van der Waals surface area contributed by atoms with Crippen LogP contribution in [0, 0.1) is 0 Å². The quantitative estimate of drug-likeness (QED) is 0.815. The van der Waals surface area contributed by atoms with Crippen LogP contribution in [0.5, 0.6) is 0 Å². The van der Waals surface area contributed by atoms with Gasteiger partial charge in [0.1, 0.15) is 6.29 Å². The van der Waals surface area contributed by atoms with Crippen molar-refractivity contribution in [2.75, 3.05) is 5.32 Å². The maximum absolute atomic E-state index is 10.9. The van der Waals surface area contributed by atoms with Crippen molar-refractivity contribution in [3.8, 4) is 11.1 Å². The van der Waals surface area contributed by atoms with Crippen LogP contribution in [-0.2, 0) is 11.2 Å². The van der Waals surface area contributed by atoms with Gasteiger partial charge in [0.05, 0.1) is 5.69 Å². The van der Waals surface area contributed by atoms with Gasteiger partial charge >= 0.3 is 6.09 Å². The fourth-order valence-corrected chi connectivity index (χ4v) is 2.06. The van der Waals surface area contributed by atoms with Gasteiger partial charge in [0, 0.05) is 12.0 Å². The van der Waals surface area contributed by atoms with Crippen LogP contribution in [0.3, 0.4) is 0 Å². The maximum Gasteiger partial charge on any atom is 0.409 e. The van der Waals surface area contributed by atoms with E-state index in [4.69, 9.17) is 5.11 Å². The Morgan fingerprint density at radius 2 is 1.90 bits per heavy atom. The van der Waals surface area contributed by atoms with Gasteiger partial charge < -0.3 is 9.90 Å². The first-order valence-corrected chi connectivity index (χ1v) is 6.32. The van der Waals surface area contributed by atoms with E-state index in [1.165, 1.54) is 0 Å². The predicted octanol–water partition coefficient (Wildman–Crippen LogP) is 3.58. The zero-order valence-electron chi connectivity index (χ0n) is 10.9. The number of rotatable bonds is 5. The number of carbonyl (C=O) groups is 2. The number of hydrogen-bond donors (Lipinski definition) is 2. The molecule has 2 aromatic rings. The van der Waals surface area contributed by atoms with Crippen molar-refractivity contribution in [2.45, 2.75) is 12.8 Å². The summed E-state index contributed by atoms with van der Waals surface area (Å²) in [5.41, 5.74) is 3.23. The van der Waals surface area contributed by atoms with Gasteiger partial charge in [0.2, 0.25) is 0 Å². The lowest BCUT2D eigenvalue weighted by Gasteiger charge is -2.11. The van der Waals surface area contributed by atoms with Crippen molar-refractivity contribution in [3.05, 3.63) is 54.1 Å². The maximum atomic E-state index is 10.9. The van der Waals surface area contributed by atoms with Crippen LogP contribution in [0.2, 0.25) is 0 Å². The zero-order valence-corrected chi connectivity index (χ0v) is 10.9. The van der Waals surface area contributed by atoms with Crippen LogP contribution in [0.4, 0.5) is 10.5 Å². The number of amides is 1. The summed E-state index contributed by atoms with van der Waals surface area (Å²) in [6.07, 6.45) is 0.786. The van der Waals surface area contributed by atoms with Crippen LogP contribution in [-0.4, -0.2) is 17.5 Å². The molecule has 0 heterocycles. The van der Waals surface area contributed by atoms with E-state index in [1.54, 1.807) is 6.07 Å². The van der Waals surface area contributed by atoms with Gasteiger partial charge in [-0.15, -0.1) is 0 Å². The van der Waals surface area contributed by atoms with E-state index >= 15 is 0 Å². The molecule has 1 amide bonds. The third kappa shape index (κ3) is 3.45. The first kappa shape index (κ1) is 13.8. The van der Waals surface area contributed by atoms with Crippen LogP contribution in [0.25, 0.3) is 11.1 Å². The summed E-state index contributed by atoms with van der Waals surface area (Å²) >= 11 is 0. The van der Waals surface area contributed by atoms with E-state index in [0.29, 0.717) is 18.5 Å². The molecule has 20 heavy (non-hydrogen) atoms. The van der Waals surface area contributed by atoms with Gasteiger partial charge in [-0.2, -0.15) is 0 Å². The molecule has 0 saturated carbocycles. The van der Waals surface area contributed by atoms with Crippen molar-refractivity contribution in [2.24, 2.45) is 0 Å². The van der Waals surface area contributed by atoms with Crippen molar-refractivity contribution >= 4 is 18.1 Å². The Morgan fingerprint density at radius 1 is 1.15 bits per heavy atom. The van der Waals surface area contributed by atoms with Crippen molar-refractivity contribution < 1.29 is 14.7 Å². The number of carbonyl (C=O) groups excluding carboxylic acids is 1. The molecule has 0 bridgehead atoms. The first-order valence-electron chi connectivity index (χ1n) is 6.32. The normalized spacial score (nSPS) is 10.0. The zero-order chi connectivity index (χ0) is 14.4. The van der Waals surface area contributed by atoms with Crippen molar-refractivity contribution in [1.29, 1.82) is 0 Å². The number of aldehydes is 1. The van der Waals surface area contributed by atoms with E-state index in [9.17, 15) is 9.59 Å². The Hall–Kier alpha value is -2.62. The summed E-state index contributed by atoms with van der Waals surface area (Å²) in [6.45, 7) is 0. The third-order valence-corrected chi connectivity index (χ3v) is 2.96. The minimum atomic E-state index is -1.10. The molecule has 0 unspecified atom stereocenters. The Balaban J connectivity index is 2.40. The molecule has 0 spiro atoms. The summed E-state index contributed by atoms with van der Waals surface area (Å²) in [4.78, 5) is 21.3. The molecular weight excluding hydrogens is 254 g/mol. The number of anilines is 1. The molecule has 0 saturated heterocycles. The van der Waals surface area contributed by atoms with E-state index in [2.05, 4.69) is 5.32 Å². The average Bonchev–Trinajstić information content (AvgIpc) is 2.45. The molecule has 2 N–H and O–H groups in total. The Bertz CT molecular complexity index is 608. The average molecular weight is 269 g/mol. The molecule has 102 valence electrons. The topological polar surface area (TPSA) is 66.4 Å². The molecule has 0 radical (unpaired) electrons. The predicted molar refractivity (Wildman–Crippen MR) is 77.9 cm³/mol. The summed E-state index contributed by atoms with van der Waals surface area (Å²) < 4.78 is 0. The molecule has 0 atom stereocenters. The highest BCUT2D eigenvalue weighted by atomic mass is 16.4. The van der Waals surface area contributed by atoms with E-state index in [-0.39, 0.29) is 0 Å². The Morgan fingerprint density at radius 3 is 2.55 bits per heavy atom. The highest BCUT2D eigenvalue weighted by Gasteiger charge is 2.08. The Kier molecular flexibility index (Phi) is 4.50. The number of benzene rings is 2. The second-order valence-electron chi connectivity index (χ2n) is 4.38. The molecule has 0 aliphatic heterocycles. The standard InChI is InChI=1S/C16H15NO3/c18-10-4-5-12-8-9-14(13-6-2-1-3-7-13)15(11-12)17-16(19)20/h1-3,6-11,17H,4-5H2,(H,19,20). The van der Waals surface area contributed by atoms with Crippen LogP contribution in [0.15, 0.2) is 48.5 Å². The van der Waals surface area contributed by atoms with E-state index in [0.717, 1.165) is 23.0 Å². The van der Waals surface area contributed by atoms with Crippen LogP contribution < -0.4 is 5.32 Å². The highest BCUT2D eigenvalue weighted by molar-refractivity contribution is 5.90. The lowest BCUT2D eigenvalue weighted by Crippen LogP contribution is -2.08. The number of carboxylic acid groups (broad SMARTS) is 1. The summed E-state index contributed by atoms with van der Waals surface area (Å²) in [5.74, 6) is 0. The summed E-state index contributed by atoms with van der Waals surface area (Å²) in [5, 5.41) is 11.4. The number of nitrogens with one attached hydrogen (secondary N) is 1. The third-order valence-electron chi connectivity index (χ3n) is 2.96. The minimum Gasteiger partial charge on any atom is -0.465 e. The molecule has 4 heteroatoms. The van der Waals surface area contributed by atoms with Crippen molar-refractivity contribution in [3.63, 3.8) is 0 Å². The monoisotopic (exact) mass is 269 g/mol. The number of hydrogen-bond acceptors (Lipinski definition) is 2. The SMILES string of the molecule is O=CCCc1ccc(-c2ccccc2)c(NC(=O)O)c1. The molecule has 0 aliphatic carbocycles. The largest absolute Gasteiger partial charge is 0.465 e. The second kappa shape index (κ2) is 6.52. The fourth-order valence-electron chi connectivity index (χ4n) is 2.06. The summed E-state index contributed by atoms with van der Waals surface area (Å²) in [6, 6.07) is 15.1. The lowest BCUT2D eigenvalue weighted by molar-refractivity contribution is -0.107. The summed E-state index contributed by atoms with van der Waals surface area (Å²) in [7, 11) is 0. The van der Waals surface area contributed by atoms with Gasteiger partial charge in [0.15, 0.2) is 0 Å². The molecule has 2 aromatic carbocycles. The van der Waals surface area contributed by atoms with Gasteiger partial charge in [-0.1, -0.05) is 42.5 Å². The van der Waals surface area contributed by atoms with Gasteiger partial charge in [-0.05, 0) is 23.6 Å². The molecule has 0 aromatic heterocycles. The number of aryl methyl sites for hydroxylation is 1. The Labute approximate surface area is 117 Å². The lowest BCUT2D eigenvalue weighted by atomic mass is 10.00. The van der Waals surface area contributed by atoms with Gasteiger partial charge in [-0.25, -0.2) is 4.79 Å². The molecule has 0 aliphatic rings. The van der Waals surface area contributed by atoms with E-state index in [1.807, 2.05) is 42.5 Å². The van der Waals surface area contributed by atoms with E-state index < -0.39 is 6.09 Å². The van der Waals surface area contributed by atoms with Crippen LogP contribution >= 0.6 is 0 Å². The second-order valence-corrected chi connectivity index (χ2v) is 4.38. The minimum absolute atomic E-state index is 0.428. The highest BCUT2D eigenvalue weighted by Crippen LogP contribution is 2.29. The van der Waals surface area contributed by atoms with Crippen molar-refractivity contribution in [1.82, 2.24) is 0 Å². The first-order chi connectivity index (χ1) is 9.70. The van der Waals surface area contributed by atoms with Crippen LogP contribution in [0.1, 0.15) is 12.0 Å². The van der Waals surface area contributed by atoms with Gasteiger partial charge in [0.25, 0.3) is 0 Å². The molecule has 4 nitrogen and oxygen atoms in total. The molecular formula is C16H15NO3. The molecule has 2 rings (SSSR count). The smallest absolute Gasteiger partial charge is 0.409 e.